The lowest BCUT2D eigenvalue weighted by atomic mass is 10.2. The number of nitrogens with zero attached hydrogens (tertiary/aromatic N) is 5. The van der Waals surface area contributed by atoms with Crippen molar-refractivity contribution in [3.63, 3.8) is 0 Å². The summed E-state index contributed by atoms with van der Waals surface area (Å²) in [4.78, 5) is 26.0. The lowest BCUT2D eigenvalue weighted by Gasteiger charge is -2.12. The molecular weight excluding hydrogens is 427 g/mol. The summed E-state index contributed by atoms with van der Waals surface area (Å²) in [6, 6.07) is 9.62. The van der Waals surface area contributed by atoms with Gasteiger partial charge in [-0.1, -0.05) is 6.07 Å². The van der Waals surface area contributed by atoms with E-state index in [1.807, 2.05) is 12.1 Å². The Morgan fingerprint density at radius 1 is 1.24 bits per heavy atom. The van der Waals surface area contributed by atoms with Crippen LogP contribution in [-0.4, -0.2) is 49.3 Å². The van der Waals surface area contributed by atoms with Gasteiger partial charge in [0.25, 0.3) is 5.56 Å². The maximum atomic E-state index is 14.0. The van der Waals surface area contributed by atoms with Crippen LogP contribution < -0.4 is 10.9 Å². The van der Waals surface area contributed by atoms with Crippen molar-refractivity contribution in [2.75, 3.05) is 13.2 Å². The number of hydrogen-bond acceptors (Lipinski definition) is 5. The Kier molecular flexibility index (Phi) is 5.51. The molecule has 1 amide bonds. The largest absolute Gasteiger partial charge is 0.376 e. The van der Waals surface area contributed by atoms with Gasteiger partial charge in [-0.25, -0.2) is 13.8 Å². The number of amides is 1. The van der Waals surface area contributed by atoms with Crippen LogP contribution in [0.1, 0.15) is 18.5 Å². The molecule has 170 valence electrons. The van der Waals surface area contributed by atoms with Gasteiger partial charge in [-0.15, -0.1) is 0 Å². The molecule has 10 heteroatoms. The van der Waals surface area contributed by atoms with Crippen LogP contribution in [0.15, 0.2) is 53.6 Å². The maximum absolute atomic E-state index is 14.0. The minimum Gasteiger partial charge on any atom is -0.376 e. The zero-order chi connectivity index (χ0) is 22.9. The van der Waals surface area contributed by atoms with Gasteiger partial charge < -0.3 is 14.6 Å². The van der Waals surface area contributed by atoms with Crippen LogP contribution in [0.2, 0.25) is 0 Å². The molecular formula is C23H23FN6O3. The van der Waals surface area contributed by atoms with E-state index in [0.29, 0.717) is 41.3 Å². The predicted molar refractivity (Wildman–Crippen MR) is 119 cm³/mol. The number of nitrogens with one attached hydrogen (secondary N) is 1. The molecule has 0 aliphatic carbocycles. The molecule has 0 saturated carbocycles. The summed E-state index contributed by atoms with van der Waals surface area (Å²) >= 11 is 0. The van der Waals surface area contributed by atoms with Gasteiger partial charge in [0.05, 0.1) is 17.5 Å². The molecule has 9 nitrogen and oxygen atoms in total. The van der Waals surface area contributed by atoms with E-state index in [9.17, 15) is 14.0 Å². The Bertz CT molecular complexity index is 1370. The molecule has 1 saturated heterocycles. The topological polar surface area (TPSA) is 96.0 Å². The van der Waals surface area contributed by atoms with Gasteiger partial charge in [0.1, 0.15) is 23.3 Å². The highest BCUT2D eigenvalue weighted by molar-refractivity contribution is 5.88. The van der Waals surface area contributed by atoms with Crippen molar-refractivity contribution in [2.24, 2.45) is 0 Å². The van der Waals surface area contributed by atoms with Crippen molar-refractivity contribution < 1.29 is 13.9 Å². The summed E-state index contributed by atoms with van der Waals surface area (Å²) < 4.78 is 23.9. The summed E-state index contributed by atoms with van der Waals surface area (Å²) in [5.74, 6) is -0.288. The average Bonchev–Trinajstić information content (AvgIpc) is 3.56. The monoisotopic (exact) mass is 450 g/mol. The average molecular weight is 450 g/mol. The molecule has 1 atom stereocenters. The Morgan fingerprint density at radius 2 is 2.06 bits per heavy atom. The molecule has 4 heterocycles. The van der Waals surface area contributed by atoms with Crippen LogP contribution in [0, 0.1) is 12.7 Å². The van der Waals surface area contributed by atoms with Crippen molar-refractivity contribution in [1.29, 1.82) is 0 Å². The number of ether oxygens (including phenoxy) is 1. The van der Waals surface area contributed by atoms with Crippen LogP contribution in [-0.2, 0) is 16.1 Å². The van der Waals surface area contributed by atoms with Crippen LogP contribution in [0.4, 0.5) is 4.39 Å². The number of fused-ring (bicyclic) bond motifs is 1. The first-order valence-corrected chi connectivity index (χ1v) is 10.8. The van der Waals surface area contributed by atoms with Gasteiger partial charge in [0.2, 0.25) is 5.91 Å². The lowest BCUT2D eigenvalue weighted by Crippen LogP contribution is -2.37. The third-order valence-electron chi connectivity index (χ3n) is 5.67. The minimum atomic E-state index is -0.450. The van der Waals surface area contributed by atoms with E-state index >= 15 is 0 Å². The fourth-order valence-electron chi connectivity index (χ4n) is 4.10. The molecule has 0 bridgehead atoms. The van der Waals surface area contributed by atoms with Crippen molar-refractivity contribution in [3.05, 3.63) is 70.7 Å². The van der Waals surface area contributed by atoms with Crippen molar-refractivity contribution >= 4 is 16.8 Å². The zero-order valence-corrected chi connectivity index (χ0v) is 18.1. The maximum Gasteiger partial charge on any atom is 0.280 e. The van der Waals surface area contributed by atoms with E-state index in [0.717, 1.165) is 17.5 Å². The number of carbonyl (C=O) groups excluding carboxylic acids is 1. The molecule has 1 unspecified atom stereocenters. The third kappa shape index (κ3) is 4.05. The second-order valence-corrected chi connectivity index (χ2v) is 8.02. The first-order chi connectivity index (χ1) is 16.0. The second kappa shape index (κ2) is 8.62. The fourth-order valence-corrected chi connectivity index (χ4v) is 4.10. The van der Waals surface area contributed by atoms with Gasteiger partial charge in [-0.05, 0) is 50.1 Å². The van der Waals surface area contributed by atoms with E-state index in [1.54, 1.807) is 36.0 Å². The van der Waals surface area contributed by atoms with E-state index < -0.39 is 11.4 Å². The number of carbonyl (C=O) groups is 1. The number of aromatic nitrogens is 5. The smallest absolute Gasteiger partial charge is 0.280 e. The fraction of sp³-hybridized carbons (Fsp3) is 0.304. The van der Waals surface area contributed by atoms with Gasteiger partial charge in [-0.3, -0.25) is 9.59 Å². The Hall–Kier alpha value is -3.79. The van der Waals surface area contributed by atoms with E-state index in [4.69, 9.17) is 4.74 Å². The molecule has 1 aromatic carbocycles. The molecule has 0 radical (unpaired) electrons. The summed E-state index contributed by atoms with van der Waals surface area (Å²) in [5, 5.41) is 12.0. The van der Waals surface area contributed by atoms with Gasteiger partial charge in [-0.2, -0.15) is 10.2 Å². The number of aryl methyl sites for hydroxylation is 1. The second-order valence-electron chi connectivity index (χ2n) is 8.02. The molecule has 0 spiro atoms. The molecule has 4 aromatic rings. The van der Waals surface area contributed by atoms with Crippen LogP contribution in [0.3, 0.4) is 0 Å². The van der Waals surface area contributed by atoms with Gasteiger partial charge in [0.15, 0.2) is 5.82 Å². The summed E-state index contributed by atoms with van der Waals surface area (Å²) in [5.41, 5.74) is 0.896. The van der Waals surface area contributed by atoms with E-state index in [1.165, 1.54) is 16.8 Å². The quantitative estimate of drug-likeness (QED) is 0.486. The minimum absolute atomic E-state index is 0.00712. The number of hydrogen-bond donors (Lipinski definition) is 1. The molecule has 1 aliphatic heterocycles. The summed E-state index contributed by atoms with van der Waals surface area (Å²) in [7, 11) is 0. The molecule has 1 N–H and O–H groups in total. The number of halogens is 1. The molecule has 1 aliphatic rings. The highest BCUT2D eigenvalue weighted by atomic mass is 19.1. The van der Waals surface area contributed by atoms with Gasteiger partial charge >= 0.3 is 0 Å². The number of benzene rings is 1. The SMILES string of the molecule is Cc1nn(CC(=O)NCC2CCCO2)c(=O)c2c(-n3cccc3)n(-c3cccc(F)c3)nc12. The Labute approximate surface area is 188 Å². The number of rotatable bonds is 6. The molecule has 3 aromatic heterocycles. The lowest BCUT2D eigenvalue weighted by molar-refractivity contribution is -0.122. The Morgan fingerprint density at radius 3 is 2.79 bits per heavy atom. The Balaban J connectivity index is 1.58. The summed E-state index contributed by atoms with van der Waals surface area (Å²) in [6.07, 6.45) is 5.45. The third-order valence-corrected chi connectivity index (χ3v) is 5.67. The molecule has 1 fully saturated rings. The van der Waals surface area contributed by atoms with Crippen LogP contribution in [0.25, 0.3) is 22.4 Å². The van der Waals surface area contributed by atoms with Crippen molar-refractivity contribution in [3.8, 4) is 11.5 Å². The normalized spacial score (nSPS) is 15.9. The predicted octanol–water partition coefficient (Wildman–Crippen LogP) is 2.12. The highest BCUT2D eigenvalue weighted by Crippen LogP contribution is 2.24. The molecule has 33 heavy (non-hydrogen) atoms. The van der Waals surface area contributed by atoms with Gasteiger partial charge in [0, 0.05) is 25.5 Å². The van der Waals surface area contributed by atoms with E-state index in [-0.39, 0.29) is 18.6 Å². The van der Waals surface area contributed by atoms with Crippen molar-refractivity contribution in [2.45, 2.75) is 32.4 Å². The van der Waals surface area contributed by atoms with Crippen LogP contribution >= 0.6 is 0 Å². The first-order valence-electron chi connectivity index (χ1n) is 10.8. The first kappa shape index (κ1) is 21.1. The highest BCUT2D eigenvalue weighted by Gasteiger charge is 2.23. The summed E-state index contributed by atoms with van der Waals surface area (Å²) in [6.45, 7) is 2.61. The standard InChI is InChI=1S/C23H23FN6O3/c1-15-21-20(23(32)29(26-15)14-19(31)25-13-18-8-5-11-33-18)22(28-9-2-3-10-28)30(27-21)17-7-4-6-16(24)12-17/h2-4,6-7,9-10,12,18H,5,8,11,13-14H2,1H3,(H,25,31). The zero-order valence-electron chi connectivity index (χ0n) is 18.1. The van der Waals surface area contributed by atoms with E-state index in [2.05, 4.69) is 15.5 Å². The van der Waals surface area contributed by atoms with Crippen molar-refractivity contribution in [1.82, 2.24) is 29.4 Å². The van der Waals surface area contributed by atoms with Crippen LogP contribution in [0.5, 0.6) is 0 Å². The molecule has 5 rings (SSSR count).